The first-order chi connectivity index (χ1) is 11.5. The first kappa shape index (κ1) is 25.2. The molecule has 0 heterocycles. The zero-order chi connectivity index (χ0) is 18.5. The summed E-state index contributed by atoms with van der Waals surface area (Å²) in [4.78, 5) is 20.3. The van der Waals surface area contributed by atoms with Crippen LogP contribution in [0.25, 0.3) is 0 Å². The summed E-state index contributed by atoms with van der Waals surface area (Å²) in [6.07, 6.45) is 17.3. The highest BCUT2D eigenvalue weighted by molar-refractivity contribution is 5.66. The van der Waals surface area contributed by atoms with E-state index in [9.17, 15) is 9.59 Å². The smallest absolute Gasteiger partial charge is 0.303 e. The van der Waals surface area contributed by atoms with Crippen LogP contribution in [0.15, 0.2) is 0 Å². The van der Waals surface area contributed by atoms with E-state index in [-0.39, 0.29) is 0 Å². The number of carboxylic acid groups (broad SMARTS) is 2. The van der Waals surface area contributed by atoms with Gasteiger partial charge in [-0.05, 0) is 12.8 Å². The van der Waals surface area contributed by atoms with E-state index in [1.165, 1.54) is 64.2 Å². The lowest BCUT2D eigenvalue weighted by Crippen LogP contribution is -1.93. The molecule has 0 aromatic carbocycles. The third-order valence-corrected chi connectivity index (χ3v) is 3.99. The van der Waals surface area contributed by atoms with Crippen molar-refractivity contribution in [1.82, 2.24) is 0 Å². The van der Waals surface area contributed by atoms with Crippen molar-refractivity contribution in [2.24, 2.45) is 0 Å². The van der Waals surface area contributed by atoms with Crippen molar-refractivity contribution in [3.05, 3.63) is 0 Å². The Morgan fingerprint density at radius 2 is 0.750 bits per heavy atom. The monoisotopic (exact) mass is 344 g/mol. The van der Waals surface area contributed by atoms with E-state index in [1.54, 1.807) is 0 Å². The van der Waals surface area contributed by atoms with Crippen molar-refractivity contribution in [3.8, 4) is 0 Å². The van der Waals surface area contributed by atoms with Crippen LogP contribution in [-0.2, 0) is 9.59 Å². The Bertz CT molecular complexity index is 249. The lowest BCUT2D eigenvalue weighted by molar-refractivity contribution is -0.138. The van der Waals surface area contributed by atoms with Crippen LogP contribution in [0.1, 0.15) is 117 Å². The zero-order valence-electron chi connectivity index (χ0n) is 16.0. The number of hydrogen-bond acceptors (Lipinski definition) is 2. The van der Waals surface area contributed by atoms with Crippen LogP contribution in [0.4, 0.5) is 0 Å². The summed E-state index contributed by atoms with van der Waals surface area (Å²) >= 11 is 0. The maximum absolute atomic E-state index is 10.1. The normalized spacial score (nSPS) is 10.1. The van der Waals surface area contributed by atoms with E-state index in [0.29, 0.717) is 12.8 Å². The highest BCUT2D eigenvalue weighted by atomic mass is 16.4. The lowest BCUT2D eigenvalue weighted by atomic mass is 10.1. The second-order valence-corrected chi connectivity index (χ2v) is 6.53. The van der Waals surface area contributed by atoms with Gasteiger partial charge in [-0.1, -0.05) is 90.9 Å². The summed E-state index contributed by atoms with van der Waals surface area (Å²) in [6.45, 7) is 4.40. The van der Waals surface area contributed by atoms with Gasteiger partial charge >= 0.3 is 11.9 Å². The van der Waals surface area contributed by atoms with Gasteiger partial charge in [0.15, 0.2) is 0 Å². The fourth-order valence-electron chi connectivity index (χ4n) is 2.47. The molecule has 0 fully saturated rings. The molecular formula is C20H40O4. The molecule has 0 saturated carbocycles. The Morgan fingerprint density at radius 3 is 1.00 bits per heavy atom. The van der Waals surface area contributed by atoms with Crippen LogP contribution in [0.3, 0.4) is 0 Å². The molecule has 0 aliphatic rings. The van der Waals surface area contributed by atoms with Crippen LogP contribution in [0, 0.1) is 0 Å². The van der Waals surface area contributed by atoms with Gasteiger partial charge in [-0.2, -0.15) is 0 Å². The quantitative estimate of drug-likeness (QED) is 0.317. The zero-order valence-corrected chi connectivity index (χ0v) is 16.0. The minimum Gasteiger partial charge on any atom is -0.481 e. The molecule has 0 aromatic rings. The van der Waals surface area contributed by atoms with Crippen LogP contribution in [0.2, 0.25) is 0 Å². The molecule has 0 aliphatic carbocycles. The van der Waals surface area contributed by atoms with Gasteiger partial charge in [-0.3, -0.25) is 9.59 Å². The highest BCUT2D eigenvalue weighted by Crippen LogP contribution is 2.08. The number of carboxylic acids is 2. The molecule has 0 unspecified atom stereocenters. The predicted octanol–water partition coefficient (Wildman–Crippen LogP) is 6.42. The van der Waals surface area contributed by atoms with Gasteiger partial charge in [0.05, 0.1) is 0 Å². The standard InChI is InChI=1S/2C10H20O2/c2*1-2-3-4-5-6-7-8-9-10(11)12/h2*2-9H2,1H3,(H,11,12). The molecular weight excluding hydrogens is 304 g/mol. The van der Waals surface area contributed by atoms with Gasteiger partial charge in [0.2, 0.25) is 0 Å². The largest absolute Gasteiger partial charge is 0.481 e. The number of carbonyl (C=O) groups is 2. The average Bonchev–Trinajstić information content (AvgIpc) is 2.53. The lowest BCUT2D eigenvalue weighted by Gasteiger charge is -1.98. The van der Waals surface area contributed by atoms with Crippen molar-refractivity contribution in [3.63, 3.8) is 0 Å². The number of hydrogen-bond donors (Lipinski definition) is 2. The van der Waals surface area contributed by atoms with Crippen LogP contribution < -0.4 is 0 Å². The number of rotatable bonds is 16. The first-order valence-electron chi connectivity index (χ1n) is 9.98. The van der Waals surface area contributed by atoms with Crippen molar-refractivity contribution in [2.75, 3.05) is 0 Å². The second-order valence-electron chi connectivity index (χ2n) is 6.53. The Morgan fingerprint density at radius 1 is 0.500 bits per heavy atom. The highest BCUT2D eigenvalue weighted by Gasteiger charge is 1.96. The maximum Gasteiger partial charge on any atom is 0.303 e. The van der Waals surface area contributed by atoms with Crippen LogP contribution in [-0.4, -0.2) is 22.2 Å². The van der Waals surface area contributed by atoms with E-state index >= 15 is 0 Å². The second kappa shape index (κ2) is 21.9. The minimum atomic E-state index is -0.663. The predicted molar refractivity (Wildman–Crippen MR) is 100 cm³/mol. The molecule has 4 heteroatoms. The van der Waals surface area contributed by atoms with Crippen LogP contribution >= 0.6 is 0 Å². The molecule has 0 atom stereocenters. The van der Waals surface area contributed by atoms with Gasteiger partial charge in [0.1, 0.15) is 0 Å². The fraction of sp³-hybridized carbons (Fsp3) is 0.900. The molecule has 0 bridgehead atoms. The van der Waals surface area contributed by atoms with Gasteiger partial charge in [0.25, 0.3) is 0 Å². The molecule has 0 aromatic heterocycles. The van der Waals surface area contributed by atoms with E-state index in [2.05, 4.69) is 13.8 Å². The third-order valence-electron chi connectivity index (χ3n) is 3.99. The first-order valence-corrected chi connectivity index (χ1v) is 9.98. The molecule has 4 nitrogen and oxygen atoms in total. The van der Waals surface area contributed by atoms with Crippen molar-refractivity contribution >= 4 is 11.9 Å². The minimum absolute atomic E-state index is 0.341. The van der Waals surface area contributed by atoms with E-state index in [4.69, 9.17) is 10.2 Å². The van der Waals surface area contributed by atoms with E-state index in [0.717, 1.165) is 25.7 Å². The summed E-state index contributed by atoms with van der Waals surface area (Å²) in [6, 6.07) is 0. The Hall–Kier alpha value is -1.06. The molecule has 24 heavy (non-hydrogen) atoms. The van der Waals surface area contributed by atoms with Crippen molar-refractivity contribution < 1.29 is 19.8 Å². The fourth-order valence-corrected chi connectivity index (χ4v) is 2.47. The Kier molecular flexibility index (Phi) is 23.0. The van der Waals surface area contributed by atoms with Crippen molar-refractivity contribution in [1.29, 1.82) is 0 Å². The molecule has 144 valence electrons. The van der Waals surface area contributed by atoms with Crippen molar-refractivity contribution in [2.45, 2.75) is 117 Å². The van der Waals surface area contributed by atoms with Gasteiger partial charge in [0, 0.05) is 12.8 Å². The average molecular weight is 345 g/mol. The molecule has 0 saturated heterocycles. The SMILES string of the molecule is CCCCCCCCCC(=O)O.CCCCCCCCCC(=O)O. The molecule has 0 radical (unpaired) electrons. The molecule has 2 N–H and O–H groups in total. The Labute approximate surface area is 149 Å². The molecule has 0 rings (SSSR count). The third kappa shape index (κ3) is 29.0. The summed E-state index contributed by atoms with van der Waals surface area (Å²) in [5.41, 5.74) is 0. The van der Waals surface area contributed by atoms with Gasteiger partial charge in [-0.25, -0.2) is 0 Å². The van der Waals surface area contributed by atoms with Gasteiger partial charge in [-0.15, -0.1) is 0 Å². The number of unbranched alkanes of at least 4 members (excludes halogenated alkanes) is 12. The summed E-state index contributed by atoms with van der Waals surface area (Å²) < 4.78 is 0. The van der Waals surface area contributed by atoms with E-state index in [1.807, 2.05) is 0 Å². The molecule has 0 amide bonds. The molecule has 0 spiro atoms. The number of aliphatic carboxylic acids is 2. The molecule has 0 aliphatic heterocycles. The maximum atomic E-state index is 10.1. The summed E-state index contributed by atoms with van der Waals surface area (Å²) in [5.74, 6) is -1.33. The van der Waals surface area contributed by atoms with Gasteiger partial charge < -0.3 is 10.2 Å². The summed E-state index contributed by atoms with van der Waals surface area (Å²) in [7, 11) is 0. The van der Waals surface area contributed by atoms with Crippen LogP contribution in [0.5, 0.6) is 0 Å². The topological polar surface area (TPSA) is 74.6 Å². The Balaban J connectivity index is 0. The van der Waals surface area contributed by atoms with E-state index < -0.39 is 11.9 Å². The summed E-state index contributed by atoms with van der Waals surface area (Å²) in [5, 5.41) is 16.7.